The Morgan fingerprint density at radius 1 is 0.576 bits per heavy atom. The highest BCUT2D eigenvalue weighted by molar-refractivity contribution is 5.78. The number of esters is 2. The minimum atomic E-state index is -1.26. The van der Waals surface area contributed by atoms with E-state index >= 15 is 0 Å². The summed E-state index contributed by atoms with van der Waals surface area (Å²) in [4.78, 5) is 57.0. The summed E-state index contributed by atoms with van der Waals surface area (Å²) >= 11 is 0. The molecule has 480 valence electrons. The Morgan fingerprint density at radius 2 is 0.953 bits per heavy atom. The van der Waals surface area contributed by atoms with Crippen LogP contribution in [-0.4, -0.2) is 128 Å². The molecule has 0 unspecified atom stereocenters. The van der Waals surface area contributed by atoms with Gasteiger partial charge < -0.3 is 55.0 Å². The second-order valence-electron chi connectivity index (χ2n) is 33.6. The van der Waals surface area contributed by atoms with Crippen LogP contribution in [0.1, 0.15) is 220 Å². The first kappa shape index (κ1) is 64.9. The van der Waals surface area contributed by atoms with Gasteiger partial charge in [0, 0.05) is 37.0 Å². The molecule has 17 heteroatoms. The van der Waals surface area contributed by atoms with Gasteiger partial charge >= 0.3 is 18.0 Å². The van der Waals surface area contributed by atoms with Gasteiger partial charge in [0.15, 0.2) is 12.2 Å². The van der Waals surface area contributed by atoms with E-state index in [0.29, 0.717) is 41.9 Å². The van der Waals surface area contributed by atoms with E-state index < -0.39 is 71.8 Å². The zero-order valence-electron chi connectivity index (χ0n) is 54.5. The normalized spacial score (nSPS) is 50.3. The topological polar surface area (TPSA) is 271 Å². The van der Waals surface area contributed by atoms with Crippen LogP contribution in [0, 0.1) is 101 Å². The molecular weight excluding hydrogens is 1080 g/mol. The fourth-order valence-corrected chi connectivity index (χ4v) is 25.2. The molecule has 0 radical (unpaired) electrons. The molecule has 0 aromatic heterocycles. The number of isocyanates is 1. The average Bonchev–Trinajstić information content (AvgIpc) is 1.48. The van der Waals surface area contributed by atoms with Crippen molar-refractivity contribution in [3.8, 4) is 0 Å². The highest BCUT2D eigenvalue weighted by atomic mass is 16.6. The summed E-state index contributed by atoms with van der Waals surface area (Å²) in [6, 6.07) is 0. The molecule has 12 rings (SSSR count). The van der Waals surface area contributed by atoms with Crippen molar-refractivity contribution in [3.63, 3.8) is 0 Å². The number of ether oxygens (including phenoxy) is 5. The van der Waals surface area contributed by atoms with Crippen molar-refractivity contribution < 1.29 is 73.2 Å². The summed E-state index contributed by atoms with van der Waals surface area (Å²) in [5.41, 5.74) is 3.09. The zero-order chi connectivity index (χ0) is 63.0. The van der Waals surface area contributed by atoms with E-state index in [0.717, 1.165) is 70.3 Å². The van der Waals surface area contributed by atoms with Crippen LogP contribution in [-0.2, 0) is 42.9 Å². The molecule has 10 saturated carbocycles. The number of nitrogens with two attached hydrogens (primary N) is 1. The average molecular weight is 1190 g/mol. The van der Waals surface area contributed by atoms with Gasteiger partial charge in [0.05, 0.1) is 53.9 Å². The first-order valence-electron chi connectivity index (χ1n) is 32.8. The van der Waals surface area contributed by atoms with Crippen molar-refractivity contribution in [1.29, 1.82) is 0 Å². The summed E-state index contributed by atoms with van der Waals surface area (Å²) in [6.07, 6.45) is 12.3. The number of primary amides is 1. The molecular formula is C68H108N2O15. The van der Waals surface area contributed by atoms with Gasteiger partial charge in [-0.1, -0.05) is 69.2 Å². The standard InChI is InChI=1S/C33H53NO7.C32H52O6.C3H3NO2/c1-17-15-19(26(29(5,6)38)39-18(2)35)40-24-23(17)30(7)13-14-33-16-32(33)12-11-22(41-27(34)37)28(3,4)20(32)9-10-21(33)31(30,8)25(24)36;1-17-15-19(26(28(5,6)36)37-18(2)33)38-24-23(17)29(7)13-14-32-16-31(32)12-11-22(34)27(3,4)20(31)9-10-21(32)30(29,8)25(24)35;1-3(6)4-2-5/h17,19-26,36,38H,9-16H2,1-8H3,(H2,34,37);17,19-26,34-36H,9-16H2,1-8H3;1H3/t17-,19-,20+,21+,22+,23+,24+,25+,26+,30-,31-,32-,33+;17-,19-,20+,21+,22+,23+,24+,25+,26+,29-,30-,31-,32+;/m11./s1. The Bertz CT molecular complexity index is 2700. The predicted octanol–water partition coefficient (Wildman–Crippen LogP) is 9.70. The quantitative estimate of drug-likeness (QED) is 0.0599. The fourth-order valence-electron chi connectivity index (χ4n) is 25.2. The minimum absolute atomic E-state index is 0.0383. The van der Waals surface area contributed by atoms with Gasteiger partial charge in [-0.2, -0.15) is 0 Å². The number of rotatable bonds is 7. The lowest BCUT2D eigenvalue weighted by atomic mass is 9.41. The number of hydrogen-bond acceptors (Lipinski definition) is 15. The van der Waals surface area contributed by atoms with Crippen LogP contribution < -0.4 is 5.73 Å². The lowest BCUT2D eigenvalue weighted by Crippen LogP contribution is -2.60. The van der Waals surface area contributed by atoms with Crippen molar-refractivity contribution >= 4 is 30.0 Å². The smallest absolute Gasteiger partial charge is 0.404 e. The van der Waals surface area contributed by atoms with Crippen LogP contribution in [0.3, 0.4) is 0 Å². The van der Waals surface area contributed by atoms with Gasteiger partial charge in [-0.3, -0.25) is 14.4 Å². The van der Waals surface area contributed by atoms with Crippen molar-refractivity contribution in [2.75, 3.05) is 0 Å². The second-order valence-corrected chi connectivity index (χ2v) is 33.6. The number of hydrogen-bond donors (Lipinski definition) is 6. The first-order chi connectivity index (χ1) is 39.1. The van der Waals surface area contributed by atoms with Gasteiger partial charge in [0.2, 0.25) is 6.08 Å². The maximum atomic E-state index is 12.4. The molecule has 4 spiro atoms. The van der Waals surface area contributed by atoms with Gasteiger partial charge in [-0.05, 0) is 216 Å². The van der Waals surface area contributed by atoms with E-state index in [1.54, 1.807) is 27.7 Å². The highest BCUT2D eigenvalue weighted by Gasteiger charge is 2.87. The lowest BCUT2D eigenvalue weighted by Gasteiger charge is -2.63. The van der Waals surface area contributed by atoms with E-state index in [-0.39, 0.29) is 96.8 Å². The number of aliphatic imine (C=N–C) groups is 1. The molecule has 0 aromatic carbocycles. The lowest BCUT2D eigenvalue weighted by molar-refractivity contribution is -0.216. The molecule has 0 bridgehead atoms. The Labute approximate surface area is 506 Å². The molecule has 2 saturated heterocycles. The molecule has 7 N–H and O–H groups in total. The Balaban J connectivity index is 0.000000173. The second kappa shape index (κ2) is 20.8. The number of aliphatic hydroxyl groups excluding tert-OH is 3. The number of carbonyl (C=O) groups is 4. The largest absolute Gasteiger partial charge is 0.457 e. The highest BCUT2D eigenvalue weighted by Crippen LogP contribution is 2.91. The van der Waals surface area contributed by atoms with Crippen LogP contribution in [0.5, 0.6) is 0 Å². The third kappa shape index (κ3) is 9.07. The van der Waals surface area contributed by atoms with Crippen molar-refractivity contribution in [1.82, 2.24) is 0 Å². The van der Waals surface area contributed by atoms with E-state index in [9.17, 15) is 44.7 Å². The van der Waals surface area contributed by atoms with E-state index in [1.807, 2.05) is 0 Å². The Kier molecular flexibility index (Phi) is 15.9. The van der Waals surface area contributed by atoms with Crippen molar-refractivity contribution in [2.45, 2.75) is 293 Å². The SMILES string of the molecule is CC(=O)N=C=O.CC(=O)O[C@@H]([C@H]1C[C@@H](C)[C@H]2[C@H](O1)[C@H](O)[C@@]1(C)[C@@H]3CC[C@H]4C(C)(C)[C@@H](O)CC[C@@]45C[C@@]35CC[C@]21C)C(C)(C)O.CC(=O)O[C@@H]([C@H]1C[C@@H](C)[C@H]2[C@H](O1)[C@H](O)[C@@]1(C)[C@@H]3CC[C@H]4C(C)(C)[C@@H](OC(N)=O)CC[C@@]45C[C@@]35CC[C@]21C)C(C)(C)O. The first-order valence-corrected chi connectivity index (χ1v) is 32.8. The van der Waals surface area contributed by atoms with Crippen LogP contribution >= 0.6 is 0 Å². The number of fused-ring (bicyclic) bond motifs is 8. The third-order valence-electron chi connectivity index (χ3n) is 28.7. The van der Waals surface area contributed by atoms with Crippen LogP contribution in [0.2, 0.25) is 0 Å². The van der Waals surface area contributed by atoms with E-state index in [2.05, 4.69) is 74.2 Å². The van der Waals surface area contributed by atoms with Gasteiger partial charge in [-0.15, -0.1) is 4.99 Å². The number of amides is 2. The molecule has 26 atom stereocenters. The summed E-state index contributed by atoms with van der Waals surface area (Å²) in [7, 11) is 0. The summed E-state index contributed by atoms with van der Waals surface area (Å²) < 4.78 is 30.5. The zero-order valence-corrected chi connectivity index (χ0v) is 54.5. The fraction of sp³-hybridized carbons (Fsp3) is 0.926. The maximum Gasteiger partial charge on any atom is 0.404 e. The molecule has 2 aliphatic heterocycles. The molecule has 12 fully saturated rings. The third-order valence-corrected chi connectivity index (χ3v) is 28.7. The molecule has 0 aromatic rings. The Morgan fingerprint density at radius 3 is 1.31 bits per heavy atom. The van der Waals surface area contributed by atoms with Crippen molar-refractivity contribution in [3.05, 3.63) is 0 Å². The predicted molar refractivity (Wildman–Crippen MR) is 315 cm³/mol. The number of nitrogens with zero attached hydrogens (tertiary/aromatic N) is 1. The number of carbonyl (C=O) groups excluding carboxylic acids is 5. The molecule has 17 nitrogen and oxygen atoms in total. The molecule has 2 heterocycles. The summed E-state index contributed by atoms with van der Waals surface area (Å²) in [6.45, 7) is 33.8. The Hall–Kier alpha value is -3.02. The molecule has 12 aliphatic rings. The van der Waals surface area contributed by atoms with Crippen LogP contribution in [0.15, 0.2) is 4.99 Å². The van der Waals surface area contributed by atoms with E-state index in [1.165, 1.54) is 46.5 Å². The molecule has 85 heavy (non-hydrogen) atoms. The van der Waals surface area contributed by atoms with Gasteiger partial charge in [-0.25, -0.2) is 9.59 Å². The summed E-state index contributed by atoms with van der Waals surface area (Å²) in [5, 5.41) is 57.5. The van der Waals surface area contributed by atoms with Crippen LogP contribution in [0.25, 0.3) is 0 Å². The monoisotopic (exact) mass is 1190 g/mol. The molecule has 2 amide bonds. The van der Waals surface area contributed by atoms with E-state index in [4.69, 9.17) is 34.2 Å². The van der Waals surface area contributed by atoms with Gasteiger partial charge in [0.25, 0.3) is 5.91 Å². The minimum Gasteiger partial charge on any atom is -0.457 e. The van der Waals surface area contributed by atoms with Crippen molar-refractivity contribution in [2.24, 2.45) is 112 Å². The van der Waals surface area contributed by atoms with Gasteiger partial charge in [0.1, 0.15) is 6.10 Å². The maximum absolute atomic E-state index is 12.4. The summed E-state index contributed by atoms with van der Waals surface area (Å²) in [5.74, 6) is 1.45. The number of aliphatic hydroxyl groups is 5. The van der Waals surface area contributed by atoms with Crippen LogP contribution in [0.4, 0.5) is 4.79 Å². The molecule has 10 aliphatic carbocycles.